The summed E-state index contributed by atoms with van der Waals surface area (Å²) >= 11 is 0. The summed E-state index contributed by atoms with van der Waals surface area (Å²) < 4.78 is 25.5. The first-order chi connectivity index (χ1) is 9.69. The van der Waals surface area contributed by atoms with Gasteiger partial charge in [0.15, 0.2) is 0 Å². The van der Waals surface area contributed by atoms with Crippen LogP contribution in [0.5, 0.6) is 0 Å². The fraction of sp³-hybridized carbons (Fsp3) is 0.308. The van der Waals surface area contributed by atoms with Crippen LogP contribution in [0.25, 0.3) is 0 Å². The van der Waals surface area contributed by atoms with Crippen LogP contribution in [0.3, 0.4) is 0 Å². The van der Waals surface area contributed by atoms with Crippen LogP contribution in [0.2, 0.25) is 0 Å². The highest BCUT2D eigenvalue weighted by molar-refractivity contribution is 7.18. The maximum atomic E-state index is 12.8. The smallest absolute Gasteiger partial charge is 0.275 e. The van der Waals surface area contributed by atoms with Crippen molar-refractivity contribution in [2.75, 3.05) is 17.2 Å². The van der Waals surface area contributed by atoms with Gasteiger partial charge in [0, 0.05) is 5.69 Å². The van der Waals surface area contributed by atoms with Crippen LogP contribution < -0.4 is 21.5 Å². The number of hydrogen-bond donors (Lipinski definition) is 2. The third-order valence-corrected chi connectivity index (χ3v) is 3.22. The van der Waals surface area contributed by atoms with E-state index in [-0.39, 0.29) is 11.4 Å². The molecule has 0 saturated carbocycles. The summed E-state index contributed by atoms with van der Waals surface area (Å²) in [6.45, 7) is 2.94. The van der Waals surface area contributed by atoms with Crippen LogP contribution >= 0.6 is 9.24 Å². The molecule has 1 aromatic carbocycles. The number of nitrogens with zero attached hydrogens (tertiary/aromatic N) is 1. The number of pyridine rings is 1. The highest BCUT2D eigenvalue weighted by atomic mass is 31.0. The predicted molar refractivity (Wildman–Crippen MR) is 81.5 cm³/mol. The summed E-state index contributed by atoms with van der Waals surface area (Å²) in [5.74, 6) is 0. The molecule has 2 rings (SSSR count). The number of anilines is 3. The molecule has 5 nitrogen and oxygen atoms in total. The molecule has 0 aliphatic carbocycles. The monoisotopic (exact) mass is 313 g/mol. The van der Waals surface area contributed by atoms with E-state index >= 15 is 0 Å². The van der Waals surface area contributed by atoms with Gasteiger partial charge in [-0.1, -0.05) is 9.24 Å². The van der Waals surface area contributed by atoms with Crippen molar-refractivity contribution < 1.29 is 8.78 Å². The van der Waals surface area contributed by atoms with Crippen molar-refractivity contribution in [3.05, 3.63) is 44.0 Å². The van der Waals surface area contributed by atoms with Crippen molar-refractivity contribution >= 4 is 26.3 Å². The molecule has 1 heterocycles. The van der Waals surface area contributed by atoms with Crippen molar-refractivity contribution in [3.63, 3.8) is 0 Å². The number of aryl methyl sites for hydroxylation is 2. The van der Waals surface area contributed by atoms with Gasteiger partial charge in [-0.25, -0.2) is 8.78 Å². The lowest BCUT2D eigenvalue weighted by molar-refractivity contribution is 0.120. The molecule has 1 atom stereocenters. The zero-order chi connectivity index (χ0) is 15.8. The molecule has 0 saturated heterocycles. The summed E-state index contributed by atoms with van der Waals surface area (Å²) in [7, 11) is 1.36. The molecule has 21 heavy (non-hydrogen) atoms. The molecule has 0 aliphatic rings. The molecule has 112 valence electrons. The Labute approximate surface area is 121 Å². The van der Waals surface area contributed by atoms with E-state index in [2.05, 4.69) is 15.6 Å². The Bertz CT molecular complexity index is 749. The number of nitrogens with one attached hydrogen (secondary N) is 2. The van der Waals surface area contributed by atoms with Gasteiger partial charge in [-0.05, 0) is 25.5 Å². The lowest BCUT2D eigenvalue weighted by Crippen LogP contribution is -2.38. The summed E-state index contributed by atoms with van der Waals surface area (Å²) in [5, 5.41) is 5.04. The Kier molecular flexibility index (Phi) is 4.05. The molecule has 0 radical (unpaired) electrons. The molecule has 0 amide bonds. The number of alkyl halides is 2. The predicted octanol–water partition coefficient (Wildman–Crippen LogP) is 1.92. The number of rotatable bonds is 5. The van der Waals surface area contributed by atoms with Crippen LogP contribution in [0.1, 0.15) is 11.3 Å². The Morgan fingerprint density at radius 1 is 1.24 bits per heavy atom. The second-order valence-electron chi connectivity index (χ2n) is 4.77. The van der Waals surface area contributed by atoms with Crippen LogP contribution in [0, 0.1) is 13.8 Å². The SMILES string of the molecule is Cc1cc(Nc2c(NCC(F)(F)P)c(=O)c2=O)cnc1C. The van der Waals surface area contributed by atoms with Gasteiger partial charge in [0.05, 0.1) is 18.4 Å². The molecular weight excluding hydrogens is 299 g/mol. The number of hydrogen-bond acceptors (Lipinski definition) is 5. The summed E-state index contributed by atoms with van der Waals surface area (Å²) in [5.41, 5.74) is -2.47. The molecule has 8 heteroatoms. The first kappa shape index (κ1) is 15.5. The quantitative estimate of drug-likeness (QED) is 0.652. The topological polar surface area (TPSA) is 71.1 Å². The lowest BCUT2D eigenvalue weighted by atomic mass is 10.1. The van der Waals surface area contributed by atoms with E-state index in [1.165, 1.54) is 15.4 Å². The maximum absolute atomic E-state index is 12.8. The van der Waals surface area contributed by atoms with E-state index in [9.17, 15) is 18.4 Å². The standard InChI is InChI=1S/C13H14F2N3O2P/c1-6-3-8(4-16-7(6)2)18-10-9(11(19)12(10)20)17-5-13(14,15)21/h3-4,17-18H,5,21H2,1-2H3. The van der Waals surface area contributed by atoms with E-state index in [0.29, 0.717) is 5.69 Å². The number of halogens is 2. The largest absolute Gasteiger partial charge is 0.374 e. The summed E-state index contributed by atoms with van der Waals surface area (Å²) in [4.78, 5) is 27.1. The van der Waals surface area contributed by atoms with E-state index < -0.39 is 23.1 Å². The zero-order valence-corrected chi connectivity index (χ0v) is 12.6. The molecule has 1 aromatic heterocycles. The Morgan fingerprint density at radius 2 is 1.86 bits per heavy atom. The third-order valence-electron chi connectivity index (χ3n) is 3.02. The first-order valence-corrected chi connectivity index (χ1v) is 6.71. The number of aromatic nitrogens is 1. The maximum Gasteiger partial charge on any atom is 0.275 e. The van der Waals surface area contributed by atoms with Crippen molar-refractivity contribution in [2.45, 2.75) is 19.5 Å². The molecule has 0 fully saturated rings. The zero-order valence-electron chi connectivity index (χ0n) is 11.5. The molecule has 0 bridgehead atoms. The average Bonchev–Trinajstić information content (AvgIpc) is 2.40. The van der Waals surface area contributed by atoms with Gasteiger partial charge in [-0.2, -0.15) is 0 Å². The molecule has 0 aliphatic heterocycles. The van der Waals surface area contributed by atoms with Gasteiger partial charge >= 0.3 is 0 Å². The van der Waals surface area contributed by atoms with Crippen molar-refractivity contribution in [3.8, 4) is 0 Å². The normalized spacial score (nSPS) is 11.7. The third kappa shape index (κ3) is 3.42. The molecular formula is C13H14F2N3O2P. The lowest BCUT2D eigenvalue weighted by Gasteiger charge is -2.17. The highest BCUT2D eigenvalue weighted by Gasteiger charge is 2.26. The van der Waals surface area contributed by atoms with Crippen LogP contribution in [0.4, 0.5) is 25.8 Å². The molecule has 0 spiro atoms. The Hall–Kier alpha value is -1.88. The van der Waals surface area contributed by atoms with E-state index in [4.69, 9.17) is 0 Å². The molecule has 1 unspecified atom stereocenters. The van der Waals surface area contributed by atoms with Crippen LogP contribution in [0.15, 0.2) is 21.9 Å². The van der Waals surface area contributed by atoms with E-state index in [1.54, 1.807) is 6.07 Å². The van der Waals surface area contributed by atoms with Crippen molar-refractivity contribution in [2.24, 2.45) is 0 Å². The average molecular weight is 313 g/mol. The molecule has 2 N–H and O–H groups in total. The van der Waals surface area contributed by atoms with E-state index in [0.717, 1.165) is 11.3 Å². The minimum Gasteiger partial charge on any atom is -0.374 e. The minimum atomic E-state index is -3.06. The van der Waals surface area contributed by atoms with Gasteiger partial charge in [-0.3, -0.25) is 14.6 Å². The summed E-state index contributed by atoms with van der Waals surface area (Å²) in [6.07, 6.45) is 1.51. The first-order valence-electron chi connectivity index (χ1n) is 6.13. The minimum absolute atomic E-state index is 0.0145. The fourth-order valence-electron chi connectivity index (χ4n) is 1.74. The van der Waals surface area contributed by atoms with Gasteiger partial charge in [0.25, 0.3) is 16.5 Å². The van der Waals surface area contributed by atoms with Crippen LogP contribution in [-0.2, 0) is 0 Å². The van der Waals surface area contributed by atoms with Crippen LogP contribution in [-0.4, -0.2) is 17.2 Å². The van der Waals surface area contributed by atoms with Gasteiger partial charge in [-0.15, -0.1) is 0 Å². The Morgan fingerprint density at radius 3 is 2.43 bits per heavy atom. The van der Waals surface area contributed by atoms with Gasteiger partial charge in [0.1, 0.15) is 11.4 Å². The van der Waals surface area contributed by atoms with Crippen molar-refractivity contribution in [1.82, 2.24) is 4.98 Å². The summed E-state index contributed by atoms with van der Waals surface area (Å²) in [6, 6.07) is 1.76. The second-order valence-corrected chi connectivity index (χ2v) is 5.62. The fourth-order valence-corrected chi connectivity index (χ4v) is 1.84. The Balaban J connectivity index is 2.21. The van der Waals surface area contributed by atoms with Crippen molar-refractivity contribution in [1.29, 1.82) is 0 Å². The van der Waals surface area contributed by atoms with Gasteiger partial charge in [0.2, 0.25) is 0 Å². The second kappa shape index (κ2) is 5.48. The molecule has 2 aromatic rings. The van der Waals surface area contributed by atoms with E-state index in [1.807, 2.05) is 13.8 Å². The van der Waals surface area contributed by atoms with Gasteiger partial charge < -0.3 is 10.6 Å². The highest BCUT2D eigenvalue weighted by Crippen LogP contribution is 2.25.